The number of benzene rings is 1. The van der Waals surface area contributed by atoms with Crippen LogP contribution in [0.4, 0.5) is 5.69 Å². The Balaban J connectivity index is 1.72. The van der Waals surface area contributed by atoms with Gasteiger partial charge in [-0.05, 0) is 43.2 Å². The quantitative estimate of drug-likeness (QED) is 0.643. The van der Waals surface area contributed by atoms with Crippen molar-refractivity contribution in [1.82, 2.24) is 4.98 Å². The van der Waals surface area contributed by atoms with Crippen LogP contribution in [0.3, 0.4) is 0 Å². The van der Waals surface area contributed by atoms with E-state index < -0.39 is 11.9 Å². The minimum atomic E-state index is -1.04. The molecule has 2 aromatic rings. The van der Waals surface area contributed by atoms with Crippen LogP contribution >= 0.6 is 11.3 Å². The van der Waals surface area contributed by atoms with Crippen molar-refractivity contribution in [1.29, 1.82) is 5.26 Å². The van der Waals surface area contributed by atoms with Gasteiger partial charge >= 0.3 is 5.97 Å². The number of amides is 1. The number of carbonyl (C=O) groups is 2. The second-order valence-corrected chi connectivity index (χ2v) is 6.28. The molecule has 0 aliphatic heterocycles. The lowest BCUT2D eigenvalue weighted by Crippen LogP contribution is -2.13. The van der Waals surface area contributed by atoms with Gasteiger partial charge in [0.25, 0.3) is 5.91 Å². The van der Waals surface area contributed by atoms with E-state index >= 15 is 0 Å². The van der Waals surface area contributed by atoms with Gasteiger partial charge in [-0.2, -0.15) is 5.26 Å². The number of carboxylic acid groups (broad SMARTS) is 1. The largest absolute Gasteiger partial charge is 0.478 e. The van der Waals surface area contributed by atoms with E-state index in [2.05, 4.69) is 10.3 Å². The molecule has 24 heavy (non-hydrogen) atoms. The fourth-order valence-electron chi connectivity index (χ4n) is 2.08. The summed E-state index contributed by atoms with van der Waals surface area (Å²) in [7, 11) is 0. The van der Waals surface area contributed by atoms with Crippen LogP contribution in [-0.4, -0.2) is 22.0 Å². The van der Waals surface area contributed by atoms with Crippen molar-refractivity contribution in [3.8, 4) is 6.07 Å². The molecule has 1 aliphatic carbocycles. The highest BCUT2D eigenvalue weighted by Crippen LogP contribution is 2.41. The predicted octanol–water partition coefficient (Wildman–Crippen LogP) is 3.26. The summed E-state index contributed by atoms with van der Waals surface area (Å²) in [5.74, 6) is -1.06. The predicted molar refractivity (Wildman–Crippen MR) is 89.7 cm³/mol. The van der Waals surface area contributed by atoms with Crippen LogP contribution in [-0.2, 0) is 4.79 Å². The number of carboxylic acids is 1. The maximum absolute atomic E-state index is 12.2. The maximum atomic E-state index is 12.2. The topological polar surface area (TPSA) is 103 Å². The van der Waals surface area contributed by atoms with E-state index in [1.54, 1.807) is 11.3 Å². The van der Waals surface area contributed by atoms with Crippen LogP contribution in [0.5, 0.6) is 0 Å². The van der Waals surface area contributed by atoms with Gasteiger partial charge in [0.1, 0.15) is 11.6 Å². The Labute approximate surface area is 142 Å². The third-order valence-electron chi connectivity index (χ3n) is 3.51. The smallest absolute Gasteiger partial charge is 0.335 e. The number of carbonyl (C=O) groups excluding carboxylic acids is 1. The number of rotatable bonds is 5. The molecule has 0 radical (unpaired) electrons. The Morgan fingerprint density at radius 3 is 2.62 bits per heavy atom. The van der Waals surface area contributed by atoms with Crippen LogP contribution in [0.15, 0.2) is 35.2 Å². The van der Waals surface area contributed by atoms with Gasteiger partial charge in [0, 0.05) is 17.0 Å². The average Bonchev–Trinajstić information content (AvgIpc) is 3.32. The summed E-state index contributed by atoms with van der Waals surface area (Å²) in [5.41, 5.74) is 1.10. The van der Waals surface area contributed by atoms with Crippen LogP contribution in [0, 0.1) is 11.3 Å². The molecule has 0 saturated heterocycles. The molecule has 7 heteroatoms. The monoisotopic (exact) mass is 339 g/mol. The molecular weight excluding hydrogens is 326 g/mol. The fourth-order valence-corrected chi connectivity index (χ4v) is 3.02. The van der Waals surface area contributed by atoms with Crippen LogP contribution in [0.1, 0.15) is 39.8 Å². The first-order valence-corrected chi connectivity index (χ1v) is 8.16. The molecule has 3 rings (SSSR count). The highest BCUT2D eigenvalue weighted by atomic mass is 32.1. The van der Waals surface area contributed by atoms with Gasteiger partial charge in [-0.1, -0.05) is 0 Å². The number of anilines is 1. The normalized spacial score (nSPS) is 14.0. The molecule has 6 nitrogen and oxygen atoms in total. The summed E-state index contributed by atoms with van der Waals surface area (Å²) in [6.07, 6.45) is 3.76. The third kappa shape index (κ3) is 3.67. The molecular formula is C17H13N3O3S. The molecule has 0 atom stereocenters. The average molecular weight is 339 g/mol. The van der Waals surface area contributed by atoms with Crippen LogP contribution < -0.4 is 5.32 Å². The molecule has 0 spiro atoms. The van der Waals surface area contributed by atoms with Gasteiger partial charge in [-0.15, -0.1) is 11.3 Å². The number of hydrogen-bond acceptors (Lipinski definition) is 5. The number of hydrogen-bond donors (Lipinski definition) is 2. The molecule has 0 bridgehead atoms. The molecule has 1 fully saturated rings. The van der Waals surface area contributed by atoms with Crippen molar-refractivity contribution in [3.05, 3.63) is 51.5 Å². The highest BCUT2D eigenvalue weighted by Gasteiger charge is 2.26. The molecule has 2 N–H and O–H groups in total. The number of thiazole rings is 1. The molecule has 1 aliphatic rings. The lowest BCUT2D eigenvalue weighted by atomic mass is 10.2. The van der Waals surface area contributed by atoms with E-state index in [1.165, 1.54) is 30.3 Å². The van der Waals surface area contributed by atoms with Gasteiger partial charge in [-0.3, -0.25) is 4.79 Å². The lowest BCUT2D eigenvalue weighted by Gasteiger charge is -2.04. The Morgan fingerprint density at radius 2 is 2.04 bits per heavy atom. The Kier molecular flexibility index (Phi) is 4.40. The maximum Gasteiger partial charge on any atom is 0.335 e. The molecule has 1 aromatic heterocycles. The van der Waals surface area contributed by atoms with E-state index in [0.717, 1.165) is 17.8 Å². The summed E-state index contributed by atoms with van der Waals surface area (Å²) in [5, 5.41) is 23.5. The van der Waals surface area contributed by atoms with E-state index in [0.29, 0.717) is 17.3 Å². The van der Waals surface area contributed by atoms with Crippen molar-refractivity contribution in [2.75, 3.05) is 5.32 Å². The summed E-state index contributed by atoms with van der Waals surface area (Å²) < 4.78 is 0. The minimum Gasteiger partial charge on any atom is -0.478 e. The first kappa shape index (κ1) is 15.9. The lowest BCUT2D eigenvalue weighted by molar-refractivity contribution is -0.112. The van der Waals surface area contributed by atoms with Gasteiger partial charge in [0.15, 0.2) is 0 Å². The Morgan fingerprint density at radius 1 is 1.33 bits per heavy atom. The number of aromatic carboxylic acids is 1. The molecule has 1 saturated carbocycles. The summed E-state index contributed by atoms with van der Waals surface area (Å²) in [6.45, 7) is 0. The van der Waals surface area contributed by atoms with E-state index in [-0.39, 0.29) is 11.1 Å². The number of aromatic nitrogens is 1. The van der Waals surface area contributed by atoms with Crippen LogP contribution in [0.25, 0.3) is 6.08 Å². The van der Waals surface area contributed by atoms with E-state index in [9.17, 15) is 14.9 Å². The standard InChI is InChI=1S/C17H13N3O3S/c18-8-12(7-14-9-24-16(20-14)10-1-2-10)15(21)19-13-5-3-11(4-6-13)17(22)23/h3-7,9-10H,1-2H2,(H,19,21)(H,22,23)/b12-7-. The second-order valence-electron chi connectivity index (χ2n) is 5.39. The zero-order chi connectivity index (χ0) is 17.1. The number of nitriles is 1. The van der Waals surface area contributed by atoms with Crippen molar-refractivity contribution >= 4 is 35.0 Å². The van der Waals surface area contributed by atoms with Gasteiger partial charge in [0.2, 0.25) is 0 Å². The minimum absolute atomic E-state index is 0.0510. The molecule has 1 heterocycles. The van der Waals surface area contributed by atoms with Gasteiger partial charge in [-0.25, -0.2) is 9.78 Å². The molecule has 0 unspecified atom stereocenters. The molecule has 1 amide bonds. The Bertz CT molecular complexity index is 858. The van der Waals surface area contributed by atoms with E-state index in [4.69, 9.17) is 5.11 Å². The van der Waals surface area contributed by atoms with Gasteiger partial charge in [0.05, 0.1) is 16.3 Å². The highest BCUT2D eigenvalue weighted by molar-refractivity contribution is 7.09. The first-order chi connectivity index (χ1) is 11.6. The van der Waals surface area contributed by atoms with Gasteiger partial charge < -0.3 is 10.4 Å². The SMILES string of the molecule is N#C/C(=C/c1csc(C2CC2)n1)C(=O)Nc1ccc(C(=O)O)cc1. The summed E-state index contributed by atoms with van der Waals surface area (Å²) >= 11 is 1.54. The summed E-state index contributed by atoms with van der Waals surface area (Å²) in [4.78, 5) is 27.4. The van der Waals surface area contributed by atoms with Crippen molar-refractivity contribution < 1.29 is 14.7 Å². The fraction of sp³-hybridized carbons (Fsp3) is 0.176. The summed E-state index contributed by atoms with van der Waals surface area (Å²) in [6, 6.07) is 7.60. The molecule has 120 valence electrons. The first-order valence-electron chi connectivity index (χ1n) is 7.29. The third-order valence-corrected chi connectivity index (χ3v) is 4.54. The number of nitrogens with one attached hydrogen (secondary N) is 1. The van der Waals surface area contributed by atoms with Crippen molar-refractivity contribution in [2.24, 2.45) is 0 Å². The van der Waals surface area contributed by atoms with Crippen molar-refractivity contribution in [3.63, 3.8) is 0 Å². The van der Waals surface area contributed by atoms with Crippen molar-refractivity contribution in [2.45, 2.75) is 18.8 Å². The molecule has 1 aromatic carbocycles. The van der Waals surface area contributed by atoms with E-state index in [1.807, 2.05) is 11.4 Å². The Hall–Kier alpha value is -2.98. The zero-order valence-corrected chi connectivity index (χ0v) is 13.3. The zero-order valence-electron chi connectivity index (χ0n) is 12.5. The second kappa shape index (κ2) is 6.64. The van der Waals surface area contributed by atoms with Crippen LogP contribution in [0.2, 0.25) is 0 Å². The number of nitrogens with zero attached hydrogens (tertiary/aromatic N) is 2.